The molecule has 0 radical (unpaired) electrons. The summed E-state index contributed by atoms with van der Waals surface area (Å²) in [5, 5.41) is 20.9. The number of nitro groups is 2. The molecule has 108 valence electrons. The zero-order valence-corrected chi connectivity index (χ0v) is 11.7. The fraction of sp³-hybridized carbons (Fsp3) is 0. The second-order valence-corrected chi connectivity index (χ2v) is 4.58. The molecule has 0 spiro atoms. The molecule has 0 amide bonds. The van der Waals surface area contributed by atoms with Gasteiger partial charge in [0.15, 0.2) is 0 Å². The van der Waals surface area contributed by atoms with E-state index >= 15 is 0 Å². The van der Waals surface area contributed by atoms with Gasteiger partial charge in [-0.3, -0.25) is 20.2 Å². The third-order valence-corrected chi connectivity index (χ3v) is 3.35. The molecule has 0 heterocycles. The Hall–Kier alpha value is -2.38. The van der Waals surface area contributed by atoms with E-state index in [2.05, 4.69) is 0 Å². The lowest BCUT2D eigenvalue weighted by Crippen LogP contribution is -1.92. The van der Waals surface area contributed by atoms with Crippen LogP contribution in [0.2, 0.25) is 10.0 Å². The van der Waals surface area contributed by atoms with Gasteiger partial charge in [-0.05, 0) is 18.2 Å². The van der Waals surface area contributed by atoms with E-state index < -0.39 is 9.85 Å². The van der Waals surface area contributed by atoms with Crippen molar-refractivity contribution >= 4 is 34.6 Å². The number of nitrogens with zero attached hydrogens (tertiary/aromatic N) is 2. The number of benzene rings is 2. The van der Waals surface area contributed by atoms with E-state index in [1.165, 1.54) is 30.3 Å². The van der Waals surface area contributed by atoms with E-state index in [9.17, 15) is 20.2 Å². The highest BCUT2D eigenvalue weighted by Gasteiger charge is 2.19. The predicted molar refractivity (Wildman–Crippen MR) is 76.3 cm³/mol. The van der Waals surface area contributed by atoms with Crippen LogP contribution in [0, 0.1) is 20.2 Å². The standard InChI is InChI=1S/C12H6Cl2N2O5/c13-11-9(16(19)20)5-6-10(12(11)14)21-8-3-1-7(2-4-8)15(17)18/h1-6H. The Morgan fingerprint density at radius 2 is 1.48 bits per heavy atom. The molecule has 0 N–H and O–H groups in total. The molecule has 0 aliphatic rings. The van der Waals surface area contributed by atoms with Crippen LogP contribution < -0.4 is 4.74 Å². The highest BCUT2D eigenvalue weighted by Crippen LogP contribution is 2.40. The van der Waals surface area contributed by atoms with E-state index in [-0.39, 0.29) is 32.9 Å². The van der Waals surface area contributed by atoms with Gasteiger partial charge in [-0.25, -0.2) is 0 Å². The van der Waals surface area contributed by atoms with Crippen LogP contribution in [0.15, 0.2) is 36.4 Å². The maximum Gasteiger partial charge on any atom is 0.289 e. The fourth-order valence-electron chi connectivity index (χ4n) is 1.50. The molecule has 0 bridgehead atoms. The van der Waals surface area contributed by atoms with Crippen molar-refractivity contribution in [3.8, 4) is 11.5 Å². The lowest BCUT2D eigenvalue weighted by atomic mass is 10.3. The Kier molecular flexibility index (Phi) is 4.25. The second kappa shape index (κ2) is 5.94. The number of non-ortho nitro benzene ring substituents is 1. The summed E-state index contributed by atoms with van der Waals surface area (Å²) in [5.74, 6) is 0.397. The quantitative estimate of drug-likeness (QED) is 0.603. The summed E-state index contributed by atoms with van der Waals surface area (Å²) in [7, 11) is 0. The monoisotopic (exact) mass is 328 g/mol. The van der Waals surface area contributed by atoms with Gasteiger partial charge < -0.3 is 4.74 Å². The minimum atomic E-state index is -0.663. The SMILES string of the molecule is O=[N+]([O-])c1ccc(Oc2ccc([N+](=O)[O-])c(Cl)c2Cl)cc1. The summed E-state index contributed by atoms with van der Waals surface area (Å²) >= 11 is 11.7. The van der Waals surface area contributed by atoms with E-state index in [4.69, 9.17) is 27.9 Å². The average Bonchev–Trinajstić information content (AvgIpc) is 2.44. The van der Waals surface area contributed by atoms with Crippen molar-refractivity contribution in [3.05, 3.63) is 66.7 Å². The van der Waals surface area contributed by atoms with Crippen LogP contribution in [-0.2, 0) is 0 Å². The molecule has 0 unspecified atom stereocenters. The molecule has 0 aliphatic carbocycles. The molecular weight excluding hydrogens is 323 g/mol. The van der Waals surface area contributed by atoms with Crippen LogP contribution in [0.25, 0.3) is 0 Å². The van der Waals surface area contributed by atoms with Gasteiger partial charge in [0.2, 0.25) is 0 Å². The molecule has 0 aromatic heterocycles. The molecule has 21 heavy (non-hydrogen) atoms. The Morgan fingerprint density at radius 1 is 0.857 bits per heavy atom. The smallest absolute Gasteiger partial charge is 0.289 e. The van der Waals surface area contributed by atoms with Crippen LogP contribution in [0.4, 0.5) is 11.4 Å². The molecule has 9 heteroatoms. The number of hydrogen-bond acceptors (Lipinski definition) is 5. The van der Waals surface area contributed by atoms with E-state index in [0.717, 1.165) is 6.07 Å². The molecule has 7 nitrogen and oxygen atoms in total. The minimum absolute atomic E-state index is 0.0878. The number of hydrogen-bond donors (Lipinski definition) is 0. The second-order valence-electron chi connectivity index (χ2n) is 3.82. The van der Waals surface area contributed by atoms with E-state index in [1.807, 2.05) is 0 Å². The molecule has 0 fully saturated rings. The Morgan fingerprint density at radius 3 is 2.00 bits per heavy atom. The van der Waals surface area contributed by atoms with Crippen LogP contribution >= 0.6 is 23.2 Å². The van der Waals surface area contributed by atoms with Crippen molar-refractivity contribution in [2.45, 2.75) is 0 Å². The molecule has 0 atom stereocenters. The first-order valence-corrected chi connectivity index (χ1v) is 6.20. The highest BCUT2D eigenvalue weighted by atomic mass is 35.5. The fourth-order valence-corrected chi connectivity index (χ4v) is 1.93. The Labute approximate surface area is 128 Å². The van der Waals surface area contributed by atoms with E-state index in [1.54, 1.807) is 0 Å². The maximum atomic E-state index is 10.7. The summed E-state index contributed by atoms with van der Waals surface area (Å²) in [6, 6.07) is 7.74. The normalized spacial score (nSPS) is 10.2. The summed E-state index contributed by atoms with van der Waals surface area (Å²) in [4.78, 5) is 20.0. The van der Waals surface area contributed by atoms with Gasteiger partial charge >= 0.3 is 0 Å². The van der Waals surface area contributed by atoms with Crippen molar-refractivity contribution in [2.75, 3.05) is 0 Å². The Bertz CT molecular complexity index is 718. The van der Waals surface area contributed by atoms with Crippen LogP contribution in [0.1, 0.15) is 0 Å². The van der Waals surface area contributed by atoms with E-state index in [0.29, 0.717) is 0 Å². The summed E-state index contributed by atoms with van der Waals surface area (Å²) in [5.41, 5.74) is -0.423. The van der Waals surface area contributed by atoms with Gasteiger partial charge in [0, 0.05) is 18.2 Å². The lowest BCUT2D eigenvalue weighted by molar-refractivity contribution is -0.385. The van der Waals surface area contributed by atoms with Crippen molar-refractivity contribution in [3.63, 3.8) is 0 Å². The summed E-state index contributed by atoms with van der Waals surface area (Å²) in [6.45, 7) is 0. The molecule has 0 aliphatic heterocycles. The van der Waals surface area contributed by atoms with Crippen LogP contribution in [0.5, 0.6) is 11.5 Å². The lowest BCUT2D eigenvalue weighted by Gasteiger charge is -2.08. The molecule has 2 aromatic rings. The van der Waals surface area contributed by atoms with Crippen molar-refractivity contribution in [2.24, 2.45) is 0 Å². The van der Waals surface area contributed by atoms with Gasteiger partial charge in [0.25, 0.3) is 11.4 Å². The topological polar surface area (TPSA) is 95.5 Å². The molecular formula is C12H6Cl2N2O5. The number of ether oxygens (including phenoxy) is 1. The molecule has 0 saturated carbocycles. The average molecular weight is 329 g/mol. The van der Waals surface area contributed by atoms with Crippen molar-refractivity contribution < 1.29 is 14.6 Å². The van der Waals surface area contributed by atoms with Gasteiger partial charge in [0.1, 0.15) is 21.5 Å². The van der Waals surface area contributed by atoms with Gasteiger partial charge in [0.05, 0.1) is 9.85 Å². The number of halogens is 2. The minimum Gasteiger partial charge on any atom is -0.456 e. The van der Waals surface area contributed by atoms with Crippen molar-refractivity contribution in [1.82, 2.24) is 0 Å². The van der Waals surface area contributed by atoms with Crippen LogP contribution in [-0.4, -0.2) is 9.85 Å². The van der Waals surface area contributed by atoms with Crippen LogP contribution in [0.3, 0.4) is 0 Å². The number of rotatable bonds is 4. The highest BCUT2D eigenvalue weighted by molar-refractivity contribution is 6.44. The zero-order chi connectivity index (χ0) is 15.6. The maximum absolute atomic E-state index is 10.7. The molecule has 0 saturated heterocycles. The van der Waals surface area contributed by atoms with Gasteiger partial charge in [-0.15, -0.1) is 0 Å². The predicted octanol–water partition coefficient (Wildman–Crippen LogP) is 4.60. The van der Waals surface area contributed by atoms with Crippen molar-refractivity contribution in [1.29, 1.82) is 0 Å². The third-order valence-electron chi connectivity index (χ3n) is 2.50. The summed E-state index contributed by atoms with van der Waals surface area (Å²) < 4.78 is 5.40. The Balaban J connectivity index is 2.29. The zero-order valence-electron chi connectivity index (χ0n) is 10.2. The third kappa shape index (κ3) is 3.21. The first-order chi connectivity index (χ1) is 9.90. The largest absolute Gasteiger partial charge is 0.456 e. The van der Waals surface area contributed by atoms with Gasteiger partial charge in [-0.2, -0.15) is 0 Å². The first-order valence-electron chi connectivity index (χ1n) is 5.45. The first kappa shape index (κ1) is 15.0. The number of nitro benzene ring substituents is 2. The van der Waals surface area contributed by atoms with Gasteiger partial charge in [-0.1, -0.05) is 23.2 Å². The molecule has 2 rings (SSSR count). The summed E-state index contributed by atoms with van der Waals surface area (Å²) in [6.07, 6.45) is 0. The molecule has 2 aromatic carbocycles.